The van der Waals surface area contributed by atoms with Crippen LogP contribution in [0.4, 0.5) is 5.69 Å². The van der Waals surface area contributed by atoms with Crippen LogP contribution < -0.4 is 0 Å². The summed E-state index contributed by atoms with van der Waals surface area (Å²) in [6.45, 7) is 1.44. The summed E-state index contributed by atoms with van der Waals surface area (Å²) in [5.41, 5.74) is 0.407. The number of non-ortho nitro benzene ring substituents is 1. The van der Waals surface area contributed by atoms with Crippen LogP contribution in [0, 0.1) is 10.1 Å². The molecule has 0 spiro atoms. The molecule has 1 saturated heterocycles. The van der Waals surface area contributed by atoms with E-state index in [9.17, 15) is 20.0 Å². The minimum absolute atomic E-state index is 0.0687. The van der Waals surface area contributed by atoms with E-state index < -0.39 is 16.9 Å². The lowest BCUT2D eigenvalue weighted by Crippen LogP contribution is -2.37. The molecule has 0 radical (unpaired) electrons. The van der Waals surface area contributed by atoms with Crippen molar-refractivity contribution < 1.29 is 14.8 Å². The monoisotopic (exact) mass is 264 g/mol. The van der Waals surface area contributed by atoms with Gasteiger partial charge in [0.2, 0.25) is 0 Å². The molecule has 1 aliphatic heterocycles. The molecule has 0 aliphatic carbocycles. The van der Waals surface area contributed by atoms with Crippen molar-refractivity contribution in [2.45, 2.75) is 25.3 Å². The average molecular weight is 264 g/mol. The molecule has 1 fully saturated rings. The second kappa shape index (κ2) is 5.79. The van der Waals surface area contributed by atoms with Crippen molar-refractivity contribution in [1.82, 2.24) is 4.90 Å². The van der Waals surface area contributed by atoms with E-state index in [4.69, 9.17) is 0 Å². The number of likely N-dealkylation sites (tertiary alicyclic amines) is 1. The van der Waals surface area contributed by atoms with Crippen molar-refractivity contribution in [3.05, 3.63) is 39.9 Å². The Kier molecular flexibility index (Phi) is 4.11. The maximum Gasteiger partial charge on any atom is 0.325 e. The van der Waals surface area contributed by atoms with Crippen LogP contribution in [0.25, 0.3) is 0 Å². The number of hydrogen-bond acceptors (Lipinski definition) is 4. The van der Waals surface area contributed by atoms with Gasteiger partial charge in [-0.2, -0.15) is 0 Å². The SMILES string of the molecule is O=C(O)C(c1cccc([N+](=O)[O-])c1)N1CCCCC1. The Morgan fingerprint density at radius 3 is 2.58 bits per heavy atom. The number of benzene rings is 1. The highest BCUT2D eigenvalue weighted by atomic mass is 16.6. The van der Waals surface area contributed by atoms with Crippen LogP contribution in [0.15, 0.2) is 24.3 Å². The van der Waals surface area contributed by atoms with Crippen molar-refractivity contribution in [1.29, 1.82) is 0 Å². The number of piperidine rings is 1. The maximum atomic E-state index is 11.5. The van der Waals surface area contributed by atoms with Crippen molar-refractivity contribution in [3.63, 3.8) is 0 Å². The van der Waals surface area contributed by atoms with Crippen LogP contribution in [0.5, 0.6) is 0 Å². The number of carbonyl (C=O) groups is 1. The van der Waals surface area contributed by atoms with E-state index >= 15 is 0 Å². The summed E-state index contributed by atoms with van der Waals surface area (Å²) in [4.78, 5) is 23.6. The van der Waals surface area contributed by atoms with E-state index in [-0.39, 0.29) is 5.69 Å². The van der Waals surface area contributed by atoms with E-state index in [1.54, 1.807) is 6.07 Å². The smallest absolute Gasteiger partial charge is 0.325 e. The van der Waals surface area contributed by atoms with Gasteiger partial charge in [0, 0.05) is 12.1 Å². The molecule has 1 unspecified atom stereocenters. The van der Waals surface area contributed by atoms with Crippen molar-refractivity contribution in [2.75, 3.05) is 13.1 Å². The van der Waals surface area contributed by atoms with Crippen LogP contribution in [0.3, 0.4) is 0 Å². The summed E-state index contributed by atoms with van der Waals surface area (Å²) in [6, 6.07) is 5.11. The molecule has 1 aliphatic rings. The first-order valence-corrected chi connectivity index (χ1v) is 6.31. The normalized spacial score (nSPS) is 17.9. The van der Waals surface area contributed by atoms with Crippen molar-refractivity contribution in [3.8, 4) is 0 Å². The molecule has 1 heterocycles. The Morgan fingerprint density at radius 2 is 2.00 bits per heavy atom. The highest BCUT2D eigenvalue weighted by Crippen LogP contribution is 2.27. The third kappa shape index (κ3) is 3.08. The summed E-state index contributed by atoms with van der Waals surface area (Å²) in [6.07, 6.45) is 3.05. The standard InChI is InChI=1S/C13H16N2O4/c16-13(17)12(14-7-2-1-3-8-14)10-5-4-6-11(9-10)15(18)19/h4-6,9,12H,1-3,7-8H2,(H,16,17). The Balaban J connectivity index is 2.30. The molecule has 2 rings (SSSR count). The Hall–Kier alpha value is -1.95. The van der Waals surface area contributed by atoms with Gasteiger partial charge in [-0.1, -0.05) is 18.6 Å². The number of rotatable bonds is 4. The second-order valence-electron chi connectivity index (χ2n) is 4.69. The van der Waals surface area contributed by atoms with Crippen molar-refractivity contribution in [2.24, 2.45) is 0 Å². The summed E-state index contributed by atoms with van der Waals surface area (Å²) in [5.74, 6) is -0.956. The molecule has 19 heavy (non-hydrogen) atoms. The van der Waals surface area contributed by atoms with Crippen molar-refractivity contribution >= 4 is 11.7 Å². The van der Waals surface area contributed by atoms with Gasteiger partial charge in [0.1, 0.15) is 6.04 Å². The highest BCUT2D eigenvalue weighted by molar-refractivity contribution is 5.76. The lowest BCUT2D eigenvalue weighted by atomic mass is 10.0. The first kappa shape index (κ1) is 13.5. The van der Waals surface area contributed by atoms with Crippen LogP contribution in [-0.4, -0.2) is 34.0 Å². The Labute approximate surface area is 110 Å². The average Bonchev–Trinajstić information content (AvgIpc) is 2.40. The van der Waals surface area contributed by atoms with Gasteiger partial charge < -0.3 is 5.11 Å². The minimum Gasteiger partial charge on any atom is -0.480 e. The molecular formula is C13H16N2O4. The van der Waals surface area contributed by atoms with E-state index in [1.165, 1.54) is 18.2 Å². The summed E-state index contributed by atoms with van der Waals surface area (Å²) >= 11 is 0. The third-order valence-corrected chi connectivity index (χ3v) is 3.39. The molecule has 0 saturated carbocycles. The predicted molar refractivity (Wildman–Crippen MR) is 68.9 cm³/mol. The lowest BCUT2D eigenvalue weighted by Gasteiger charge is -2.32. The quantitative estimate of drug-likeness (QED) is 0.665. The van der Waals surface area contributed by atoms with Gasteiger partial charge in [-0.3, -0.25) is 19.8 Å². The molecule has 1 aromatic rings. The zero-order valence-electron chi connectivity index (χ0n) is 10.5. The fraction of sp³-hybridized carbons (Fsp3) is 0.462. The van der Waals surface area contributed by atoms with Gasteiger partial charge in [-0.25, -0.2) is 0 Å². The molecule has 6 nitrogen and oxygen atoms in total. The van der Waals surface area contributed by atoms with Gasteiger partial charge in [0.05, 0.1) is 4.92 Å². The van der Waals surface area contributed by atoms with Crippen LogP contribution in [0.2, 0.25) is 0 Å². The highest BCUT2D eigenvalue weighted by Gasteiger charge is 2.29. The van der Waals surface area contributed by atoms with E-state index in [2.05, 4.69) is 0 Å². The van der Waals surface area contributed by atoms with E-state index in [0.717, 1.165) is 32.4 Å². The van der Waals surface area contributed by atoms with Crippen LogP contribution in [0.1, 0.15) is 30.9 Å². The number of nitrogens with zero attached hydrogens (tertiary/aromatic N) is 2. The fourth-order valence-electron chi connectivity index (χ4n) is 2.49. The zero-order chi connectivity index (χ0) is 13.8. The number of carboxylic acids is 1. The van der Waals surface area contributed by atoms with Gasteiger partial charge in [-0.05, 0) is 31.5 Å². The van der Waals surface area contributed by atoms with E-state index in [0.29, 0.717) is 5.56 Å². The molecule has 102 valence electrons. The van der Waals surface area contributed by atoms with Gasteiger partial charge in [-0.15, -0.1) is 0 Å². The molecule has 0 amide bonds. The zero-order valence-corrected chi connectivity index (χ0v) is 10.5. The summed E-state index contributed by atoms with van der Waals surface area (Å²) in [7, 11) is 0. The molecule has 1 N–H and O–H groups in total. The topological polar surface area (TPSA) is 83.7 Å². The minimum atomic E-state index is -0.956. The first-order valence-electron chi connectivity index (χ1n) is 6.31. The van der Waals surface area contributed by atoms with Gasteiger partial charge >= 0.3 is 5.97 Å². The molecule has 0 bridgehead atoms. The van der Waals surface area contributed by atoms with Gasteiger partial charge in [0.25, 0.3) is 5.69 Å². The number of nitro groups is 1. The van der Waals surface area contributed by atoms with Crippen LogP contribution in [-0.2, 0) is 4.79 Å². The number of aliphatic carboxylic acids is 1. The maximum absolute atomic E-state index is 11.5. The summed E-state index contributed by atoms with van der Waals surface area (Å²) in [5, 5.41) is 20.2. The number of nitro benzene ring substituents is 1. The molecular weight excluding hydrogens is 248 g/mol. The third-order valence-electron chi connectivity index (χ3n) is 3.39. The number of hydrogen-bond donors (Lipinski definition) is 1. The predicted octanol–water partition coefficient (Wildman–Crippen LogP) is 2.21. The molecule has 6 heteroatoms. The molecule has 0 aromatic heterocycles. The summed E-state index contributed by atoms with van der Waals surface area (Å²) < 4.78 is 0. The molecule has 1 atom stereocenters. The largest absolute Gasteiger partial charge is 0.480 e. The lowest BCUT2D eigenvalue weighted by molar-refractivity contribution is -0.384. The van der Waals surface area contributed by atoms with E-state index in [1.807, 2.05) is 4.90 Å². The fourth-order valence-corrected chi connectivity index (χ4v) is 2.49. The second-order valence-corrected chi connectivity index (χ2v) is 4.69. The molecule has 1 aromatic carbocycles. The number of carboxylic acid groups (broad SMARTS) is 1. The Morgan fingerprint density at radius 1 is 1.32 bits per heavy atom. The van der Waals surface area contributed by atoms with Crippen LogP contribution >= 0.6 is 0 Å². The Bertz CT molecular complexity index is 483. The first-order chi connectivity index (χ1) is 9.09. The van der Waals surface area contributed by atoms with Gasteiger partial charge in [0.15, 0.2) is 0 Å².